The summed E-state index contributed by atoms with van der Waals surface area (Å²) in [5.74, 6) is 3.05. The fraction of sp³-hybridized carbons (Fsp3) is 1.00. The van der Waals surface area contributed by atoms with Crippen LogP contribution in [0.5, 0.6) is 0 Å². The van der Waals surface area contributed by atoms with Crippen molar-refractivity contribution in [1.82, 2.24) is 0 Å². The van der Waals surface area contributed by atoms with Crippen LogP contribution in [0.15, 0.2) is 0 Å². The van der Waals surface area contributed by atoms with Gasteiger partial charge in [0.2, 0.25) is 0 Å². The van der Waals surface area contributed by atoms with E-state index in [-0.39, 0.29) is 17.7 Å². The highest BCUT2D eigenvalue weighted by Crippen LogP contribution is 2.40. The highest BCUT2D eigenvalue weighted by Gasteiger charge is 2.40. The summed E-state index contributed by atoms with van der Waals surface area (Å²) in [6.07, 6.45) is 4.90. The van der Waals surface area contributed by atoms with Crippen LogP contribution < -0.4 is 5.73 Å². The van der Waals surface area contributed by atoms with Crippen LogP contribution in [0.1, 0.15) is 39.5 Å². The lowest BCUT2D eigenvalue weighted by molar-refractivity contribution is -0.109. The van der Waals surface area contributed by atoms with E-state index in [2.05, 4.69) is 25.6 Å². The summed E-state index contributed by atoms with van der Waals surface area (Å²) in [4.78, 5) is 0. The molecule has 0 aromatic carbocycles. The zero-order valence-electron chi connectivity index (χ0n) is 11.7. The van der Waals surface area contributed by atoms with E-state index in [0.29, 0.717) is 12.5 Å². The standard InChI is InChI=1S/C14H27NO2S/c1-11(2)16-10-13(15)12-3-6-17-14(9-12)4-7-18-8-5-14/h11-13H,3-10,15H2,1-2H3. The number of nitrogens with two attached hydrogens (primary N) is 1. The maximum atomic E-state index is 6.30. The van der Waals surface area contributed by atoms with Crippen molar-refractivity contribution >= 4 is 11.8 Å². The Balaban J connectivity index is 1.85. The summed E-state index contributed by atoms with van der Waals surface area (Å²) < 4.78 is 11.8. The minimum absolute atomic E-state index is 0.142. The molecule has 106 valence electrons. The second-order valence-electron chi connectivity index (χ2n) is 5.94. The van der Waals surface area contributed by atoms with Crippen molar-refractivity contribution < 1.29 is 9.47 Å². The van der Waals surface area contributed by atoms with Crippen molar-refractivity contribution in [3.8, 4) is 0 Å². The van der Waals surface area contributed by atoms with Crippen molar-refractivity contribution in [2.45, 2.75) is 57.3 Å². The summed E-state index contributed by atoms with van der Waals surface area (Å²) in [6.45, 7) is 5.70. The summed E-state index contributed by atoms with van der Waals surface area (Å²) in [5, 5.41) is 0. The van der Waals surface area contributed by atoms with Gasteiger partial charge < -0.3 is 15.2 Å². The van der Waals surface area contributed by atoms with Gasteiger partial charge in [0, 0.05) is 12.6 Å². The number of hydrogen-bond donors (Lipinski definition) is 1. The van der Waals surface area contributed by atoms with E-state index >= 15 is 0 Å². The van der Waals surface area contributed by atoms with Gasteiger partial charge in [-0.05, 0) is 57.0 Å². The van der Waals surface area contributed by atoms with Gasteiger partial charge in [-0.25, -0.2) is 0 Å². The third-order valence-corrected chi connectivity index (χ3v) is 5.15. The van der Waals surface area contributed by atoms with Crippen LogP contribution in [-0.4, -0.2) is 42.5 Å². The van der Waals surface area contributed by atoms with E-state index in [1.807, 2.05) is 0 Å². The lowest BCUT2D eigenvalue weighted by Crippen LogP contribution is -2.48. The Hall–Kier alpha value is 0.230. The fourth-order valence-electron chi connectivity index (χ4n) is 2.96. The molecule has 0 radical (unpaired) electrons. The summed E-state index contributed by atoms with van der Waals surface area (Å²) in [5.41, 5.74) is 6.44. The predicted octanol–water partition coefficient (Wildman–Crippen LogP) is 2.43. The third kappa shape index (κ3) is 3.86. The van der Waals surface area contributed by atoms with Crippen LogP contribution in [0.3, 0.4) is 0 Å². The number of ether oxygens (including phenoxy) is 2. The summed E-state index contributed by atoms with van der Waals surface area (Å²) in [6, 6.07) is 0.169. The van der Waals surface area contributed by atoms with Gasteiger partial charge in [-0.15, -0.1) is 0 Å². The molecule has 2 aliphatic heterocycles. The molecule has 0 aliphatic carbocycles. The second kappa shape index (κ2) is 6.60. The van der Waals surface area contributed by atoms with Crippen LogP contribution in [-0.2, 0) is 9.47 Å². The van der Waals surface area contributed by atoms with Crippen molar-refractivity contribution in [3.63, 3.8) is 0 Å². The number of hydrogen-bond acceptors (Lipinski definition) is 4. The lowest BCUT2D eigenvalue weighted by atomic mass is 9.79. The Morgan fingerprint density at radius 2 is 2.11 bits per heavy atom. The first-order valence-electron chi connectivity index (χ1n) is 7.20. The highest BCUT2D eigenvalue weighted by atomic mass is 32.2. The van der Waals surface area contributed by atoms with Gasteiger partial charge in [0.1, 0.15) is 0 Å². The van der Waals surface area contributed by atoms with E-state index in [0.717, 1.165) is 19.4 Å². The quantitative estimate of drug-likeness (QED) is 0.854. The normalized spacial score (nSPS) is 29.7. The average Bonchev–Trinajstić information content (AvgIpc) is 2.37. The Labute approximate surface area is 115 Å². The Kier molecular flexibility index (Phi) is 5.36. The molecular weight excluding hydrogens is 246 g/mol. The topological polar surface area (TPSA) is 44.5 Å². The smallest absolute Gasteiger partial charge is 0.0701 e. The maximum Gasteiger partial charge on any atom is 0.0701 e. The maximum absolute atomic E-state index is 6.30. The average molecular weight is 273 g/mol. The third-order valence-electron chi connectivity index (χ3n) is 4.16. The molecule has 2 heterocycles. The van der Waals surface area contributed by atoms with Crippen molar-refractivity contribution in [1.29, 1.82) is 0 Å². The molecule has 0 saturated carbocycles. The SMILES string of the molecule is CC(C)OCC(N)C1CCOC2(CCSCC2)C1. The molecule has 3 nitrogen and oxygen atoms in total. The molecule has 2 atom stereocenters. The molecule has 2 N–H and O–H groups in total. The zero-order chi connectivity index (χ0) is 13.0. The molecule has 0 amide bonds. The molecule has 2 fully saturated rings. The zero-order valence-corrected chi connectivity index (χ0v) is 12.5. The van der Waals surface area contributed by atoms with Gasteiger partial charge >= 0.3 is 0 Å². The lowest BCUT2D eigenvalue weighted by Gasteiger charge is -2.44. The van der Waals surface area contributed by atoms with Crippen LogP contribution >= 0.6 is 11.8 Å². The van der Waals surface area contributed by atoms with Gasteiger partial charge in [-0.2, -0.15) is 11.8 Å². The molecule has 0 aromatic heterocycles. The van der Waals surface area contributed by atoms with Gasteiger partial charge in [0.05, 0.1) is 18.3 Å². The van der Waals surface area contributed by atoms with E-state index < -0.39 is 0 Å². The van der Waals surface area contributed by atoms with E-state index in [1.54, 1.807) is 0 Å². The minimum Gasteiger partial charge on any atom is -0.377 e. The Morgan fingerprint density at radius 3 is 2.78 bits per heavy atom. The van der Waals surface area contributed by atoms with E-state index in [1.165, 1.54) is 24.3 Å². The van der Waals surface area contributed by atoms with Crippen molar-refractivity contribution in [3.05, 3.63) is 0 Å². The molecule has 2 saturated heterocycles. The molecule has 2 rings (SSSR count). The second-order valence-corrected chi connectivity index (χ2v) is 7.17. The summed E-state index contributed by atoms with van der Waals surface area (Å²) in [7, 11) is 0. The minimum atomic E-state index is 0.142. The first-order valence-corrected chi connectivity index (χ1v) is 8.36. The first-order chi connectivity index (χ1) is 8.61. The van der Waals surface area contributed by atoms with Gasteiger partial charge in [-0.3, -0.25) is 0 Å². The molecule has 18 heavy (non-hydrogen) atoms. The summed E-state index contributed by atoms with van der Waals surface area (Å²) >= 11 is 2.05. The van der Waals surface area contributed by atoms with Gasteiger partial charge in [0.25, 0.3) is 0 Å². The predicted molar refractivity (Wildman–Crippen MR) is 77.0 cm³/mol. The monoisotopic (exact) mass is 273 g/mol. The van der Waals surface area contributed by atoms with E-state index in [4.69, 9.17) is 15.2 Å². The van der Waals surface area contributed by atoms with Crippen LogP contribution in [0.25, 0.3) is 0 Å². The van der Waals surface area contributed by atoms with Crippen molar-refractivity contribution in [2.24, 2.45) is 11.7 Å². The molecule has 0 aromatic rings. The van der Waals surface area contributed by atoms with Crippen LogP contribution in [0, 0.1) is 5.92 Å². The molecule has 2 unspecified atom stereocenters. The molecule has 2 aliphatic rings. The largest absolute Gasteiger partial charge is 0.377 e. The van der Waals surface area contributed by atoms with Gasteiger partial charge in [-0.1, -0.05) is 0 Å². The molecule has 0 bridgehead atoms. The molecule has 1 spiro atoms. The van der Waals surface area contributed by atoms with Crippen LogP contribution in [0.2, 0.25) is 0 Å². The Morgan fingerprint density at radius 1 is 1.39 bits per heavy atom. The number of thioether (sulfide) groups is 1. The van der Waals surface area contributed by atoms with Gasteiger partial charge in [0.15, 0.2) is 0 Å². The fourth-order valence-corrected chi connectivity index (χ4v) is 4.20. The molecule has 4 heteroatoms. The van der Waals surface area contributed by atoms with Crippen molar-refractivity contribution in [2.75, 3.05) is 24.7 Å². The number of rotatable bonds is 4. The van der Waals surface area contributed by atoms with Crippen LogP contribution in [0.4, 0.5) is 0 Å². The molecular formula is C14H27NO2S. The first kappa shape index (κ1) is 14.6. The Bertz CT molecular complexity index is 249. The highest BCUT2D eigenvalue weighted by molar-refractivity contribution is 7.99. The van der Waals surface area contributed by atoms with E-state index in [9.17, 15) is 0 Å².